The van der Waals surface area contributed by atoms with Gasteiger partial charge in [-0.25, -0.2) is 4.79 Å². The summed E-state index contributed by atoms with van der Waals surface area (Å²) in [6.45, 7) is -0.382. The molecule has 2 N–H and O–H groups in total. The number of rotatable bonds is 3. The Balaban J connectivity index is 2.17. The van der Waals surface area contributed by atoms with E-state index in [1.165, 1.54) is 0 Å². The summed E-state index contributed by atoms with van der Waals surface area (Å²) in [5.41, 5.74) is 1.77. The zero-order chi connectivity index (χ0) is 12.3. The van der Waals surface area contributed by atoms with E-state index in [4.69, 9.17) is 9.84 Å². The van der Waals surface area contributed by atoms with Crippen LogP contribution in [0.25, 0.3) is 0 Å². The summed E-state index contributed by atoms with van der Waals surface area (Å²) in [5, 5.41) is 11.3. The van der Waals surface area contributed by atoms with Crippen molar-refractivity contribution >= 4 is 17.6 Å². The van der Waals surface area contributed by atoms with Crippen LogP contribution in [0.15, 0.2) is 18.2 Å². The quantitative estimate of drug-likeness (QED) is 0.830. The van der Waals surface area contributed by atoms with Crippen molar-refractivity contribution in [2.24, 2.45) is 0 Å². The number of aliphatic carboxylic acids is 1. The molecule has 0 saturated carbocycles. The number of hydrogen-bond acceptors (Lipinski definition) is 3. The van der Waals surface area contributed by atoms with Crippen LogP contribution in [0.1, 0.15) is 18.4 Å². The standard InChI is InChI=1S/C12H13NO4/c14-11-3-1-2-8-4-5-9(6-10(8)13-11)17-7-12(15)16/h4-6H,1-3,7H2,(H,13,14)(H,15,16). The fraction of sp³-hybridized carbons (Fsp3) is 0.333. The molecule has 0 fully saturated rings. The maximum absolute atomic E-state index is 11.4. The highest BCUT2D eigenvalue weighted by Gasteiger charge is 2.13. The van der Waals surface area contributed by atoms with Crippen LogP contribution in [-0.2, 0) is 16.0 Å². The van der Waals surface area contributed by atoms with Crippen molar-refractivity contribution in [3.63, 3.8) is 0 Å². The minimum atomic E-state index is -1.02. The van der Waals surface area contributed by atoms with E-state index in [1.807, 2.05) is 6.07 Å². The van der Waals surface area contributed by atoms with Crippen molar-refractivity contribution in [3.8, 4) is 5.75 Å². The number of ether oxygens (including phenoxy) is 1. The number of fused-ring (bicyclic) bond motifs is 1. The molecular weight excluding hydrogens is 222 g/mol. The lowest BCUT2D eigenvalue weighted by Gasteiger charge is -2.09. The van der Waals surface area contributed by atoms with E-state index in [-0.39, 0.29) is 12.5 Å². The highest BCUT2D eigenvalue weighted by molar-refractivity contribution is 5.92. The molecule has 1 aliphatic heterocycles. The molecular formula is C12H13NO4. The topological polar surface area (TPSA) is 75.6 Å². The van der Waals surface area contributed by atoms with Gasteiger partial charge in [0.15, 0.2) is 6.61 Å². The molecule has 0 aliphatic carbocycles. The van der Waals surface area contributed by atoms with Gasteiger partial charge in [0.1, 0.15) is 5.75 Å². The van der Waals surface area contributed by atoms with E-state index in [9.17, 15) is 9.59 Å². The molecule has 0 radical (unpaired) electrons. The highest BCUT2D eigenvalue weighted by atomic mass is 16.5. The van der Waals surface area contributed by atoms with Gasteiger partial charge >= 0.3 is 5.97 Å². The number of hydrogen-bond donors (Lipinski definition) is 2. The number of aryl methyl sites for hydroxylation is 1. The Hall–Kier alpha value is -2.04. The first-order valence-electron chi connectivity index (χ1n) is 5.42. The molecule has 0 saturated heterocycles. The van der Waals surface area contributed by atoms with Crippen LogP contribution in [0.4, 0.5) is 5.69 Å². The molecule has 1 aromatic rings. The molecule has 1 aromatic carbocycles. The highest BCUT2D eigenvalue weighted by Crippen LogP contribution is 2.26. The Morgan fingerprint density at radius 2 is 2.24 bits per heavy atom. The summed E-state index contributed by atoms with van der Waals surface area (Å²) in [4.78, 5) is 21.8. The second kappa shape index (κ2) is 4.86. The van der Waals surface area contributed by atoms with Crippen LogP contribution in [0.2, 0.25) is 0 Å². The summed E-state index contributed by atoms with van der Waals surface area (Å²) in [6.07, 6.45) is 2.18. The fourth-order valence-electron chi connectivity index (χ4n) is 1.78. The summed E-state index contributed by atoms with van der Waals surface area (Å²) in [7, 11) is 0. The maximum atomic E-state index is 11.4. The lowest BCUT2D eigenvalue weighted by atomic mass is 10.1. The Morgan fingerprint density at radius 1 is 1.41 bits per heavy atom. The number of benzene rings is 1. The maximum Gasteiger partial charge on any atom is 0.341 e. The normalized spacial score (nSPS) is 14.5. The molecule has 5 nitrogen and oxygen atoms in total. The average molecular weight is 235 g/mol. The van der Waals surface area contributed by atoms with Crippen LogP contribution in [0.5, 0.6) is 5.75 Å². The molecule has 1 amide bonds. The van der Waals surface area contributed by atoms with Crippen LogP contribution in [-0.4, -0.2) is 23.6 Å². The Kier molecular flexibility index (Phi) is 3.27. The summed E-state index contributed by atoms with van der Waals surface area (Å²) in [6, 6.07) is 5.25. The Morgan fingerprint density at radius 3 is 3.00 bits per heavy atom. The lowest BCUT2D eigenvalue weighted by Crippen LogP contribution is -2.11. The van der Waals surface area contributed by atoms with Crippen molar-refractivity contribution in [1.29, 1.82) is 0 Å². The molecule has 1 heterocycles. The molecule has 0 spiro atoms. The van der Waals surface area contributed by atoms with Crippen molar-refractivity contribution in [3.05, 3.63) is 23.8 Å². The third-order valence-electron chi connectivity index (χ3n) is 2.57. The number of amides is 1. The summed E-state index contributed by atoms with van der Waals surface area (Å²) in [5.74, 6) is -0.587. The SMILES string of the molecule is O=C(O)COc1ccc2c(c1)NC(=O)CCC2. The van der Waals surface area contributed by atoms with E-state index in [0.717, 1.165) is 24.1 Å². The first-order chi connectivity index (χ1) is 8.15. The first-order valence-corrected chi connectivity index (χ1v) is 5.42. The molecule has 1 aliphatic rings. The number of carboxylic acid groups (broad SMARTS) is 1. The third-order valence-corrected chi connectivity index (χ3v) is 2.57. The Bertz CT molecular complexity index is 456. The van der Waals surface area contributed by atoms with Crippen LogP contribution < -0.4 is 10.1 Å². The monoisotopic (exact) mass is 235 g/mol. The van der Waals surface area contributed by atoms with Gasteiger partial charge in [0, 0.05) is 18.2 Å². The molecule has 17 heavy (non-hydrogen) atoms. The number of anilines is 1. The second-order valence-corrected chi connectivity index (χ2v) is 3.90. The zero-order valence-electron chi connectivity index (χ0n) is 9.23. The van der Waals surface area contributed by atoms with Gasteiger partial charge in [0.05, 0.1) is 0 Å². The molecule has 0 bridgehead atoms. The molecule has 0 aromatic heterocycles. The molecule has 5 heteroatoms. The minimum absolute atomic E-state index is 0.0147. The summed E-state index contributed by atoms with van der Waals surface area (Å²) < 4.78 is 5.06. The minimum Gasteiger partial charge on any atom is -0.482 e. The van der Waals surface area contributed by atoms with Gasteiger partial charge in [-0.2, -0.15) is 0 Å². The number of carbonyl (C=O) groups is 2. The Labute approximate surface area is 98.4 Å². The first kappa shape index (κ1) is 11.4. The van der Waals surface area contributed by atoms with Gasteiger partial charge in [-0.15, -0.1) is 0 Å². The van der Waals surface area contributed by atoms with Crippen molar-refractivity contribution in [2.45, 2.75) is 19.3 Å². The van der Waals surface area contributed by atoms with E-state index in [1.54, 1.807) is 12.1 Å². The molecule has 90 valence electrons. The fourth-order valence-corrected chi connectivity index (χ4v) is 1.78. The van der Waals surface area contributed by atoms with E-state index in [2.05, 4.69) is 5.32 Å². The van der Waals surface area contributed by atoms with Gasteiger partial charge in [0.2, 0.25) is 5.91 Å². The van der Waals surface area contributed by atoms with E-state index in [0.29, 0.717) is 12.2 Å². The predicted molar refractivity (Wildman–Crippen MR) is 61.1 cm³/mol. The van der Waals surface area contributed by atoms with Crippen LogP contribution in [0, 0.1) is 0 Å². The van der Waals surface area contributed by atoms with Gasteiger partial charge in [-0.1, -0.05) is 6.07 Å². The zero-order valence-corrected chi connectivity index (χ0v) is 9.23. The van der Waals surface area contributed by atoms with Gasteiger partial charge in [0.25, 0.3) is 0 Å². The van der Waals surface area contributed by atoms with Gasteiger partial charge in [-0.3, -0.25) is 4.79 Å². The molecule has 0 unspecified atom stereocenters. The largest absolute Gasteiger partial charge is 0.482 e. The van der Waals surface area contributed by atoms with Crippen molar-refractivity contribution in [2.75, 3.05) is 11.9 Å². The molecule has 2 rings (SSSR count). The van der Waals surface area contributed by atoms with Crippen molar-refractivity contribution in [1.82, 2.24) is 0 Å². The summed E-state index contributed by atoms with van der Waals surface area (Å²) >= 11 is 0. The number of nitrogens with one attached hydrogen (secondary N) is 1. The van der Waals surface area contributed by atoms with Crippen molar-refractivity contribution < 1.29 is 19.4 Å². The molecule has 0 atom stereocenters. The second-order valence-electron chi connectivity index (χ2n) is 3.90. The van der Waals surface area contributed by atoms with E-state index < -0.39 is 5.97 Å². The third kappa shape index (κ3) is 2.96. The number of carboxylic acids is 1. The lowest BCUT2D eigenvalue weighted by molar-refractivity contribution is -0.139. The van der Waals surface area contributed by atoms with Crippen LogP contribution in [0.3, 0.4) is 0 Å². The smallest absolute Gasteiger partial charge is 0.341 e. The van der Waals surface area contributed by atoms with Crippen LogP contribution >= 0.6 is 0 Å². The average Bonchev–Trinajstić information content (AvgIpc) is 2.46. The van der Waals surface area contributed by atoms with Gasteiger partial charge in [-0.05, 0) is 24.5 Å². The van der Waals surface area contributed by atoms with E-state index >= 15 is 0 Å². The predicted octanol–water partition coefficient (Wildman–Crippen LogP) is 1.42. The van der Waals surface area contributed by atoms with Gasteiger partial charge < -0.3 is 15.2 Å². The number of carbonyl (C=O) groups excluding carboxylic acids is 1.